The first-order chi connectivity index (χ1) is 9.55. The molecule has 0 amide bonds. The Morgan fingerprint density at radius 2 is 1.90 bits per heavy atom. The first-order valence-corrected chi connectivity index (χ1v) is 7.59. The van der Waals surface area contributed by atoms with E-state index < -0.39 is 0 Å². The van der Waals surface area contributed by atoms with Gasteiger partial charge in [0.15, 0.2) is 11.5 Å². The second-order valence-electron chi connectivity index (χ2n) is 4.54. The van der Waals surface area contributed by atoms with Crippen molar-refractivity contribution >= 4 is 22.9 Å². The zero-order valence-corrected chi connectivity index (χ0v) is 13.6. The van der Waals surface area contributed by atoms with Gasteiger partial charge < -0.3 is 9.47 Å². The molecule has 0 aliphatic rings. The molecule has 1 unspecified atom stereocenters. The fraction of sp³-hybridized carbons (Fsp3) is 0.400. The predicted octanol–water partition coefficient (Wildman–Crippen LogP) is 4.30. The highest BCUT2D eigenvalue weighted by Gasteiger charge is 2.16. The van der Waals surface area contributed by atoms with Gasteiger partial charge in [0.2, 0.25) is 0 Å². The molecule has 2 aromatic rings. The van der Waals surface area contributed by atoms with E-state index in [0.29, 0.717) is 0 Å². The highest BCUT2D eigenvalue weighted by molar-refractivity contribution is 7.12. The van der Waals surface area contributed by atoms with Crippen molar-refractivity contribution < 1.29 is 9.47 Å². The van der Waals surface area contributed by atoms with E-state index in [1.165, 1.54) is 0 Å². The number of aromatic nitrogens is 1. The Balaban J connectivity index is 2.19. The third-order valence-corrected chi connectivity index (χ3v) is 4.78. The lowest BCUT2D eigenvalue weighted by Gasteiger charge is -2.12. The number of rotatable bonds is 5. The lowest BCUT2D eigenvalue weighted by atomic mass is 10.1. The maximum Gasteiger partial charge on any atom is 0.160 e. The molecule has 0 aliphatic carbocycles. The standard InChI is InChI=1S/C15H18ClNO2S/c1-9-15(20-10(2)17-9)12(16)7-11-5-6-13(18-3)14(8-11)19-4/h5-6,8,12H,7H2,1-4H3. The summed E-state index contributed by atoms with van der Waals surface area (Å²) in [4.78, 5) is 5.56. The number of hydrogen-bond donors (Lipinski definition) is 0. The summed E-state index contributed by atoms with van der Waals surface area (Å²) in [6.45, 7) is 4.00. The molecule has 0 saturated carbocycles. The van der Waals surface area contributed by atoms with Gasteiger partial charge in [0.1, 0.15) is 0 Å². The van der Waals surface area contributed by atoms with Crippen LogP contribution in [0.2, 0.25) is 0 Å². The van der Waals surface area contributed by atoms with Crippen molar-refractivity contribution in [2.24, 2.45) is 0 Å². The summed E-state index contributed by atoms with van der Waals surface area (Å²) in [5.74, 6) is 1.46. The van der Waals surface area contributed by atoms with E-state index in [0.717, 1.165) is 39.1 Å². The molecular formula is C15H18ClNO2S. The molecule has 0 radical (unpaired) electrons. The number of hydrogen-bond acceptors (Lipinski definition) is 4. The first-order valence-electron chi connectivity index (χ1n) is 6.34. The summed E-state index contributed by atoms with van der Waals surface area (Å²) < 4.78 is 10.6. The molecule has 3 nitrogen and oxygen atoms in total. The molecule has 0 aliphatic heterocycles. The van der Waals surface area contributed by atoms with Crippen molar-refractivity contribution in [3.05, 3.63) is 39.3 Å². The minimum absolute atomic E-state index is 0.0701. The first kappa shape index (κ1) is 15.1. The Kier molecular flexibility index (Phi) is 4.89. The summed E-state index contributed by atoms with van der Waals surface area (Å²) in [6.07, 6.45) is 0.740. The molecule has 5 heteroatoms. The third-order valence-electron chi connectivity index (χ3n) is 3.09. The Hall–Kier alpha value is -1.26. The highest BCUT2D eigenvalue weighted by Crippen LogP contribution is 2.34. The number of benzene rings is 1. The summed E-state index contributed by atoms with van der Waals surface area (Å²) in [5, 5.41) is 0.981. The van der Waals surface area contributed by atoms with Gasteiger partial charge in [0.05, 0.1) is 30.3 Å². The average Bonchev–Trinajstić information content (AvgIpc) is 2.77. The van der Waals surface area contributed by atoms with Crippen molar-refractivity contribution in [2.45, 2.75) is 25.6 Å². The number of methoxy groups -OCH3 is 2. The van der Waals surface area contributed by atoms with Gasteiger partial charge in [0.25, 0.3) is 0 Å². The van der Waals surface area contributed by atoms with E-state index in [2.05, 4.69) is 4.98 Å². The fourth-order valence-corrected chi connectivity index (χ4v) is 3.52. The molecule has 0 spiro atoms. The van der Waals surface area contributed by atoms with E-state index in [1.807, 2.05) is 32.0 Å². The smallest absolute Gasteiger partial charge is 0.160 e. The number of aryl methyl sites for hydroxylation is 2. The van der Waals surface area contributed by atoms with Crippen LogP contribution in [0.1, 0.15) is 26.5 Å². The zero-order chi connectivity index (χ0) is 14.7. The lowest BCUT2D eigenvalue weighted by Crippen LogP contribution is -1.97. The van der Waals surface area contributed by atoms with E-state index in [9.17, 15) is 0 Å². The van der Waals surface area contributed by atoms with Crippen LogP contribution in [-0.4, -0.2) is 19.2 Å². The largest absolute Gasteiger partial charge is 0.493 e. The van der Waals surface area contributed by atoms with Crippen LogP contribution in [0.3, 0.4) is 0 Å². The van der Waals surface area contributed by atoms with Crippen molar-refractivity contribution in [2.75, 3.05) is 14.2 Å². The summed E-state index contributed by atoms with van der Waals surface area (Å²) in [7, 11) is 3.27. The number of ether oxygens (including phenoxy) is 2. The Bertz CT molecular complexity index is 598. The van der Waals surface area contributed by atoms with Gasteiger partial charge in [-0.1, -0.05) is 6.07 Å². The molecule has 0 N–H and O–H groups in total. The normalized spacial score (nSPS) is 12.2. The molecular weight excluding hydrogens is 294 g/mol. The summed E-state index contributed by atoms with van der Waals surface area (Å²) in [5.41, 5.74) is 2.14. The zero-order valence-electron chi connectivity index (χ0n) is 12.1. The van der Waals surface area contributed by atoms with Crippen molar-refractivity contribution in [1.82, 2.24) is 4.98 Å². The second-order valence-corrected chi connectivity index (χ2v) is 6.31. The van der Waals surface area contributed by atoms with Crippen molar-refractivity contribution in [1.29, 1.82) is 0 Å². The number of halogens is 1. The molecule has 0 saturated heterocycles. The van der Waals surface area contributed by atoms with Crippen molar-refractivity contribution in [3.8, 4) is 11.5 Å². The van der Waals surface area contributed by atoms with Crippen LogP contribution in [-0.2, 0) is 6.42 Å². The van der Waals surface area contributed by atoms with E-state index in [4.69, 9.17) is 21.1 Å². The lowest BCUT2D eigenvalue weighted by molar-refractivity contribution is 0.354. The Morgan fingerprint density at radius 1 is 1.20 bits per heavy atom. The van der Waals surface area contributed by atoms with Crippen LogP contribution in [0.5, 0.6) is 11.5 Å². The van der Waals surface area contributed by atoms with E-state index >= 15 is 0 Å². The average molecular weight is 312 g/mol. The van der Waals surface area contributed by atoms with E-state index in [-0.39, 0.29) is 5.38 Å². The fourth-order valence-electron chi connectivity index (χ4n) is 2.14. The van der Waals surface area contributed by atoms with Crippen LogP contribution >= 0.6 is 22.9 Å². The minimum Gasteiger partial charge on any atom is -0.493 e. The third kappa shape index (κ3) is 3.25. The van der Waals surface area contributed by atoms with E-state index in [1.54, 1.807) is 25.6 Å². The topological polar surface area (TPSA) is 31.4 Å². The Morgan fingerprint density at radius 3 is 2.45 bits per heavy atom. The minimum atomic E-state index is -0.0701. The van der Waals surface area contributed by atoms with Gasteiger partial charge in [-0.15, -0.1) is 22.9 Å². The quantitative estimate of drug-likeness (QED) is 0.771. The molecule has 2 rings (SSSR count). The molecule has 108 valence electrons. The number of nitrogens with zero attached hydrogens (tertiary/aromatic N) is 1. The maximum atomic E-state index is 6.53. The molecule has 0 bridgehead atoms. The van der Waals surface area contributed by atoms with Gasteiger partial charge in [-0.25, -0.2) is 4.98 Å². The molecule has 1 atom stereocenters. The molecule has 1 heterocycles. The molecule has 0 fully saturated rings. The highest BCUT2D eigenvalue weighted by atomic mass is 35.5. The van der Waals surface area contributed by atoms with Crippen LogP contribution < -0.4 is 9.47 Å². The Labute approximate surface area is 128 Å². The summed E-state index contributed by atoms with van der Waals surface area (Å²) >= 11 is 8.19. The predicted molar refractivity (Wildman–Crippen MR) is 83.4 cm³/mol. The van der Waals surface area contributed by atoms with Gasteiger partial charge in [-0.3, -0.25) is 0 Å². The van der Waals surface area contributed by atoms with Crippen molar-refractivity contribution in [3.63, 3.8) is 0 Å². The van der Waals surface area contributed by atoms with Gasteiger partial charge in [-0.2, -0.15) is 0 Å². The molecule has 20 heavy (non-hydrogen) atoms. The van der Waals surface area contributed by atoms with Gasteiger partial charge >= 0.3 is 0 Å². The van der Waals surface area contributed by atoms with Gasteiger partial charge in [0, 0.05) is 4.88 Å². The number of alkyl halides is 1. The monoisotopic (exact) mass is 311 g/mol. The van der Waals surface area contributed by atoms with Gasteiger partial charge in [-0.05, 0) is 38.0 Å². The van der Waals surface area contributed by atoms with Crippen LogP contribution in [0, 0.1) is 13.8 Å². The SMILES string of the molecule is COc1ccc(CC(Cl)c2sc(C)nc2C)cc1OC. The second kappa shape index (κ2) is 6.46. The maximum absolute atomic E-state index is 6.53. The van der Waals surface area contributed by atoms with Crippen LogP contribution in [0.15, 0.2) is 18.2 Å². The number of thiazole rings is 1. The van der Waals surface area contributed by atoms with Crippen LogP contribution in [0.25, 0.3) is 0 Å². The molecule has 1 aromatic heterocycles. The molecule has 1 aromatic carbocycles. The summed E-state index contributed by atoms with van der Waals surface area (Å²) in [6, 6.07) is 5.89. The van der Waals surface area contributed by atoms with Crippen LogP contribution in [0.4, 0.5) is 0 Å².